The fourth-order valence-corrected chi connectivity index (χ4v) is 3.12. The second kappa shape index (κ2) is 8.64. The Morgan fingerprint density at radius 3 is 2.47 bits per heavy atom. The normalized spacial score (nSPS) is 12.9. The van der Waals surface area contributed by atoms with Crippen molar-refractivity contribution < 1.29 is 0 Å². The molecule has 0 saturated carbocycles. The van der Waals surface area contributed by atoms with E-state index in [1.807, 2.05) is 11.8 Å². The lowest BCUT2D eigenvalue weighted by molar-refractivity contribution is 0.553. The second-order valence-electron chi connectivity index (χ2n) is 4.83. The van der Waals surface area contributed by atoms with Gasteiger partial charge < -0.3 is 5.32 Å². The Morgan fingerprint density at radius 2 is 2.00 bits per heavy atom. The molecular formula is C15H29N3S. The van der Waals surface area contributed by atoms with Gasteiger partial charge in [-0.05, 0) is 44.7 Å². The summed E-state index contributed by atoms with van der Waals surface area (Å²) in [5.74, 6) is 1.21. The van der Waals surface area contributed by atoms with Crippen molar-refractivity contribution in [2.45, 2.75) is 59.0 Å². The summed E-state index contributed by atoms with van der Waals surface area (Å²) in [6, 6.07) is 0.444. The second-order valence-corrected chi connectivity index (χ2v) is 5.82. The lowest BCUT2D eigenvalue weighted by Crippen LogP contribution is -2.18. The standard InChI is InChI=1S/C15H29N3S/c1-6-12(16-4)15-13(7-2)17-18(14(15)8-3)10-9-11-19-5/h12,16H,6-11H2,1-5H3. The van der Waals surface area contributed by atoms with Crippen LogP contribution in [0.1, 0.15) is 56.6 Å². The SMILES string of the molecule is CCc1nn(CCCSC)c(CC)c1C(CC)NC. The number of hydrogen-bond acceptors (Lipinski definition) is 3. The molecule has 0 aromatic carbocycles. The van der Waals surface area contributed by atoms with Crippen molar-refractivity contribution in [3.8, 4) is 0 Å². The van der Waals surface area contributed by atoms with Crippen LogP contribution in [0, 0.1) is 0 Å². The molecule has 1 aromatic rings. The van der Waals surface area contributed by atoms with Crippen LogP contribution in [0.4, 0.5) is 0 Å². The molecule has 110 valence electrons. The van der Waals surface area contributed by atoms with Crippen molar-refractivity contribution in [2.75, 3.05) is 19.1 Å². The molecule has 1 aromatic heterocycles. The van der Waals surface area contributed by atoms with E-state index >= 15 is 0 Å². The molecule has 0 radical (unpaired) electrons. The van der Waals surface area contributed by atoms with Crippen LogP contribution in [0.2, 0.25) is 0 Å². The van der Waals surface area contributed by atoms with Crippen molar-refractivity contribution in [1.29, 1.82) is 0 Å². The van der Waals surface area contributed by atoms with E-state index in [2.05, 4.69) is 44.1 Å². The summed E-state index contributed by atoms with van der Waals surface area (Å²) in [4.78, 5) is 0. The lowest BCUT2D eigenvalue weighted by atomic mass is 9.99. The molecule has 0 bridgehead atoms. The van der Waals surface area contributed by atoms with Crippen LogP contribution in [0.5, 0.6) is 0 Å². The molecule has 0 spiro atoms. The minimum absolute atomic E-state index is 0.444. The maximum absolute atomic E-state index is 4.86. The summed E-state index contributed by atoms with van der Waals surface area (Å²) < 4.78 is 2.25. The fraction of sp³-hybridized carbons (Fsp3) is 0.800. The number of aromatic nitrogens is 2. The molecule has 0 aliphatic rings. The zero-order valence-electron chi connectivity index (χ0n) is 13.1. The van der Waals surface area contributed by atoms with Crippen LogP contribution in [-0.2, 0) is 19.4 Å². The topological polar surface area (TPSA) is 29.9 Å². The van der Waals surface area contributed by atoms with Crippen molar-refractivity contribution in [2.24, 2.45) is 0 Å². The molecule has 3 nitrogen and oxygen atoms in total. The van der Waals surface area contributed by atoms with E-state index < -0.39 is 0 Å². The van der Waals surface area contributed by atoms with Crippen molar-refractivity contribution >= 4 is 11.8 Å². The molecular weight excluding hydrogens is 254 g/mol. The zero-order valence-corrected chi connectivity index (χ0v) is 13.9. The van der Waals surface area contributed by atoms with E-state index in [1.54, 1.807) is 0 Å². The van der Waals surface area contributed by atoms with Gasteiger partial charge in [0.2, 0.25) is 0 Å². The third kappa shape index (κ3) is 3.99. The van der Waals surface area contributed by atoms with E-state index in [0.29, 0.717) is 6.04 Å². The first-order valence-corrected chi connectivity index (χ1v) is 8.87. The predicted octanol–water partition coefficient (Wildman–Crippen LogP) is 3.43. The zero-order chi connectivity index (χ0) is 14.3. The maximum Gasteiger partial charge on any atom is 0.0672 e. The highest BCUT2D eigenvalue weighted by molar-refractivity contribution is 7.98. The molecule has 0 aliphatic carbocycles. The number of nitrogens with zero attached hydrogens (tertiary/aromatic N) is 2. The Labute approximate surface area is 122 Å². The largest absolute Gasteiger partial charge is 0.313 e. The molecule has 1 rings (SSSR count). The summed E-state index contributed by atoms with van der Waals surface area (Å²) in [7, 11) is 2.05. The highest BCUT2D eigenvalue weighted by Crippen LogP contribution is 2.26. The van der Waals surface area contributed by atoms with Gasteiger partial charge in [-0.1, -0.05) is 20.8 Å². The fourth-order valence-electron chi connectivity index (χ4n) is 2.70. The number of thioether (sulfide) groups is 1. The van der Waals surface area contributed by atoms with E-state index in [9.17, 15) is 0 Å². The predicted molar refractivity (Wildman–Crippen MR) is 86.1 cm³/mol. The summed E-state index contributed by atoms with van der Waals surface area (Å²) in [5.41, 5.74) is 4.17. The molecule has 1 heterocycles. The number of hydrogen-bond donors (Lipinski definition) is 1. The summed E-state index contributed by atoms with van der Waals surface area (Å²) in [5, 5.41) is 8.30. The Kier molecular flexibility index (Phi) is 7.54. The Morgan fingerprint density at radius 1 is 1.26 bits per heavy atom. The van der Waals surface area contributed by atoms with Gasteiger partial charge in [-0.25, -0.2) is 0 Å². The van der Waals surface area contributed by atoms with Crippen LogP contribution >= 0.6 is 11.8 Å². The Bertz CT molecular complexity index is 370. The number of rotatable bonds is 9. The minimum Gasteiger partial charge on any atom is -0.313 e. The third-order valence-electron chi connectivity index (χ3n) is 3.67. The molecule has 0 saturated heterocycles. The smallest absolute Gasteiger partial charge is 0.0672 e. The minimum atomic E-state index is 0.444. The van der Waals surface area contributed by atoms with Crippen molar-refractivity contribution in [1.82, 2.24) is 15.1 Å². The van der Waals surface area contributed by atoms with Gasteiger partial charge in [0.05, 0.1) is 5.69 Å². The van der Waals surface area contributed by atoms with E-state index in [-0.39, 0.29) is 0 Å². The van der Waals surface area contributed by atoms with Gasteiger partial charge in [0.15, 0.2) is 0 Å². The van der Waals surface area contributed by atoms with Crippen molar-refractivity contribution in [3.05, 3.63) is 17.0 Å². The summed E-state index contributed by atoms with van der Waals surface area (Å²) in [6.45, 7) is 7.75. The summed E-state index contributed by atoms with van der Waals surface area (Å²) >= 11 is 1.91. The quantitative estimate of drug-likeness (QED) is 0.704. The molecule has 19 heavy (non-hydrogen) atoms. The van der Waals surface area contributed by atoms with Gasteiger partial charge in [0, 0.05) is 23.8 Å². The molecule has 1 atom stereocenters. The molecule has 1 N–H and O–H groups in total. The van der Waals surface area contributed by atoms with Crippen molar-refractivity contribution in [3.63, 3.8) is 0 Å². The first-order chi connectivity index (χ1) is 9.23. The van der Waals surface area contributed by atoms with Gasteiger partial charge >= 0.3 is 0 Å². The van der Waals surface area contributed by atoms with Gasteiger partial charge in [-0.15, -0.1) is 0 Å². The monoisotopic (exact) mass is 283 g/mol. The van der Waals surface area contributed by atoms with Crippen LogP contribution in [0.25, 0.3) is 0 Å². The van der Waals surface area contributed by atoms with E-state index in [1.165, 1.54) is 29.1 Å². The van der Waals surface area contributed by atoms with Gasteiger partial charge in [-0.2, -0.15) is 16.9 Å². The Balaban J connectivity index is 3.05. The molecule has 0 amide bonds. The van der Waals surface area contributed by atoms with Crippen LogP contribution in [0.3, 0.4) is 0 Å². The number of aryl methyl sites for hydroxylation is 2. The third-order valence-corrected chi connectivity index (χ3v) is 4.37. The van der Waals surface area contributed by atoms with Gasteiger partial charge in [0.1, 0.15) is 0 Å². The summed E-state index contributed by atoms with van der Waals surface area (Å²) in [6.07, 6.45) is 6.58. The van der Waals surface area contributed by atoms with E-state index in [4.69, 9.17) is 5.10 Å². The number of nitrogens with one attached hydrogen (secondary N) is 1. The van der Waals surface area contributed by atoms with Gasteiger partial charge in [0.25, 0.3) is 0 Å². The Hall–Kier alpha value is -0.480. The van der Waals surface area contributed by atoms with Crippen LogP contribution < -0.4 is 5.32 Å². The molecule has 1 unspecified atom stereocenters. The lowest BCUT2D eigenvalue weighted by Gasteiger charge is -2.16. The van der Waals surface area contributed by atoms with Crippen LogP contribution in [-0.4, -0.2) is 28.8 Å². The molecule has 0 fully saturated rings. The highest BCUT2D eigenvalue weighted by Gasteiger charge is 2.21. The van der Waals surface area contributed by atoms with Gasteiger partial charge in [-0.3, -0.25) is 4.68 Å². The first-order valence-electron chi connectivity index (χ1n) is 7.47. The highest BCUT2D eigenvalue weighted by atomic mass is 32.2. The maximum atomic E-state index is 4.86. The van der Waals surface area contributed by atoms with Crippen LogP contribution in [0.15, 0.2) is 0 Å². The average molecular weight is 283 g/mol. The first kappa shape index (κ1) is 16.6. The molecule has 4 heteroatoms. The average Bonchev–Trinajstić information content (AvgIpc) is 2.78. The van der Waals surface area contributed by atoms with E-state index in [0.717, 1.165) is 25.8 Å². The molecule has 0 aliphatic heterocycles.